The van der Waals surface area contributed by atoms with Gasteiger partial charge in [0.15, 0.2) is 0 Å². The molecule has 0 heterocycles. The number of hydrogen-bond acceptors (Lipinski definition) is 0. The summed E-state index contributed by atoms with van der Waals surface area (Å²) in [4.78, 5) is 0. The minimum absolute atomic E-state index is 1.12. The van der Waals surface area contributed by atoms with Crippen LogP contribution in [-0.2, 0) is 0 Å². The van der Waals surface area contributed by atoms with Gasteiger partial charge in [0.25, 0.3) is 0 Å². The molecule has 0 spiro atoms. The monoisotopic (exact) mass is 419 g/mol. The summed E-state index contributed by atoms with van der Waals surface area (Å²) in [7, 11) is 0. The quantitative estimate of drug-likeness (QED) is 0.0965. The van der Waals surface area contributed by atoms with Crippen LogP contribution in [0.2, 0.25) is 0 Å². The van der Waals surface area contributed by atoms with Gasteiger partial charge in [-0.2, -0.15) is 0 Å². The van der Waals surface area contributed by atoms with Gasteiger partial charge in [0.1, 0.15) is 0 Å². The summed E-state index contributed by atoms with van der Waals surface area (Å²) < 4.78 is 0. The van der Waals surface area contributed by atoms with Crippen molar-refractivity contribution in [2.45, 2.75) is 174 Å². The first-order valence-corrected chi connectivity index (χ1v) is 14.4. The van der Waals surface area contributed by atoms with E-state index >= 15 is 0 Å². The van der Waals surface area contributed by atoms with Gasteiger partial charge in [0.05, 0.1) is 0 Å². The van der Waals surface area contributed by atoms with Crippen LogP contribution in [0.4, 0.5) is 0 Å². The molecular formula is C30H59. The third kappa shape index (κ3) is 27.7. The summed E-state index contributed by atoms with van der Waals surface area (Å²) in [6.07, 6.45) is 41.8. The smallest absolute Gasteiger partial charge is 0.0351 e. The van der Waals surface area contributed by atoms with E-state index in [0.717, 1.165) is 6.42 Å². The molecule has 0 atom stereocenters. The Morgan fingerprint density at radius 2 is 0.633 bits per heavy atom. The minimum atomic E-state index is 1.12. The van der Waals surface area contributed by atoms with E-state index in [1.807, 2.05) is 0 Å². The zero-order valence-electron chi connectivity index (χ0n) is 21.2. The molecule has 0 bridgehead atoms. The largest absolute Gasteiger partial charge is 0.0885 e. The van der Waals surface area contributed by atoms with E-state index < -0.39 is 0 Å². The van der Waals surface area contributed by atoms with Gasteiger partial charge in [-0.3, -0.25) is 0 Å². The van der Waals surface area contributed by atoms with Crippen LogP contribution in [-0.4, -0.2) is 0 Å². The zero-order chi connectivity index (χ0) is 21.8. The lowest BCUT2D eigenvalue weighted by molar-refractivity contribution is 0.534. The Hall–Kier alpha value is -0.260. The van der Waals surface area contributed by atoms with E-state index in [1.165, 1.54) is 161 Å². The fourth-order valence-electron chi connectivity index (χ4n) is 4.37. The highest BCUT2D eigenvalue weighted by Gasteiger charge is 1.94. The van der Waals surface area contributed by atoms with E-state index in [2.05, 4.69) is 26.0 Å². The minimum Gasteiger partial charge on any atom is -0.0885 e. The molecule has 0 fully saturated rings. The van der Waals surface area contributed by atoms with Crippen molar-refractivity contribution in [3.8, 4) is 0 Å². The summed E-state index contributed by atoms with van der Waals surface area (Å²) in [5, 5.41) is 0. The highest BCUT2D eigenvalue weighted by Crippen LogP contribution is 2.14. The van der Waals surface area contributed by atoms with Crippen LogP contribution in [0.3, 0.4) is 0 Å². The standard InChI is InChI=1S/C30H59/c1-3-5-7-9-11-13-15-17-19-21-23-25-27-29-30-28-26-24-22-20-18-16-14-12-10-8-6-4-2/h24,26H,1,3-23,25,27-30H2,2H3/b26-24+. The predicted octanol–water partition coefficient (Wildman–Crippen LogP) is 11.5. The highest BCUT2D eigenvalue weighted by atomic mass is 14.0. The molecule has 30 heavy (non-hydrogen) atoms. The molecule has 0 aliphatic rings. The van der Waals surface area contributed by atoms with Crippen molar-refractivity contribution in [1.82, 2.24) is 0 Å². The van der Waals surface area contributed by atoms with Gasteiger partial charge < -0.3 is 0 Å². The molecular weight excluding hydrogens is 360 g/mol. The van der Waals surface area contributed by atoms with E-state index in [-0.39, 0.29) is 0 Å². The maximum absolute atomic E-state index is 3.91. The second-order valence-corrected chi connectivity index (χ2v) is 9.68. The number of unbranched alkanes of at least 4 members (excludes halogenated alkanes) is 24. The number of allylic oxidation sites excluding steroid dienone is 2. The molecule has 0 aromatic rings. The zero-order valence-corrected chi connectivity index (χ0v) is 21.2. The Bertz CT molecular complexity index is 303. The maximum atomic E-state index is 3.91. The van der Waals surface area contributed by atoms with Crippen LogP contribution in [0.5, 0.6) is 0 Å². The average molecular weight is 420 g/mol. The Balaban J connectivity index is 3.05. The van der Waals surface area contributed by atoms with Gasteiger partial charge in [-0.1, -0.05) is 167 Å². The topological polar surface area (TPSA) is 0 Å². The first-order valence-electron chi connectivity index (χ1n) is 14.4. The first kappa shape index (κ1) is 29.7. The predicted molar refractivity (Wildman–Crippen MR) is 140 cm³/mol. The molecule has 0 N–H and O–H groups in total. The van der Waals surface area contributed by atoms with Crippen molar-refractivity contribution < 1.29 is 0 Å². The lowest BCUT2D eigenvalue weighted by Crippen LogP contribution is -1.83. The summed E-state index contributed by atoms with van der Waals surface area (Å²) in [6.45, 7) is 6.21. The molecule has 179 valence electrons. The van der Waals surface area contributed by atoms with Gasteiger partial charge in [-0.25, -0.2) is 0 Å². The van der Waals surface area contributed by atoms with Gasteiger partial charge in [-0.05, 0) is 25.7 Å². The van der Waals surface area contributed by atoms with Crippen LogP contribution in [0, 0.1) is 6.92 Å². The lowest BCUT2D eigenvalue weighted by Gasteiger charge is -2.03. The van der Waals surface area contributed by atoms with Crippen molar-refractivity contribution in [3.63, 3.8) is 0 Å². The fourth-order valence-corrected chi connectivity index (χ4v) is 4.37. The molecule has 0 aliphatic heterocycles. The summed E-state index contributed by atoms with van der Waals surface area (Å²) in [5.74, 6) is 0. The van der Waals surface area contributed by atoms with Gasteiger partial charge >= 0.3 is 0 Å². The van der Waals surface area contributed by atoms with Gasteiger partial charge in [0.2, 0.25) is 0 Å². The molecule has 0 amide bonds. The molecule has 0 rings (SSSR count). The lowest BCUT2D eigenvalue weighted by atomic mass is 10.0. The van der Waals surface area contributed by atoms with Gasteiger partial charge in [-0.15, -0.1) is 0 Å². The maximum Gasteiger partial charge on any atom is -0.0351 e. The Kier molecular flexibility index (Phi) is 28.5. The fraction of sp³-hybridized carbons (Fsp3) is 0.900. The molecule has 0 aromatic heterocycles. The van der Waals surface area contributed by atoms with E-state index in [9.17, 15) is 0 Å². The van der Waals surface area contributed by atoms with Crippen LogP contribution in [0.1, 0.15) is 174 Å². The Morgan fingerprint density at radius 3 is 0.933 bits per heavy atom. The van der Waals surface area contributed by atoms with Crippen LogP contribution in [0.15, 0.2) is 12.2 Å². The Labute approximate surface area is 193 Å². The van der Waals surface area contributed by atoms with Crippen molar-refractivity contribution in [2.75, 3.05) is 0 Å². The summed E-state index contributed by atoms with van der Waals surface area (Å²) in [6, 6.07) is 0. The van der Waals surface area contributed by atoms with Crippen LogP contribution >= 0.6 is 0 Å². The normalized spacial score (nSPS) is 11.7. The van der Waals surface area contributed by atoms with E-state index in [1.54, 1.807) is 0 Å². The third-order valence-corrected chi connectivity index (χ3v) is 6.51. The van der Waals surface area contributed by atoms with Crippen molar-refractivity contribution >= 4 is 0 Å². The molecule has 0 nitrogen and oxygen atoms in total. The highest BCUT2D eigenvalue weighted by molar-refractivity contribution is 4.81. The SMILES string of the molecule is [CH2]CCCCCCCCCCCCCCCC/C=C/CCCCCCCCCCC. The molecule has 0 unspecified atom stereocenters. The van der Waals surface area contributed by atoms with Crippen molar-refractivity contribution in [2.24, 2.45) is 0 Å². The number of rotatable bonds is 26. The molecule has 1 radical (unpaired) electrons. The number of hydrogen-bond donors (Lipinski definition) is 0. The van der Waals surface area contributed by atoms with Crippen LogP contribution < -0.4 is 0 Å². The first-order chi connectivity index (χ1) is 14.9. The van der Waals surface area contributed by atoms with Crippen LogP contribution in [0.25, 0.3) is 0 Å². The average Bonchev–Trinajstić information content (AvgIpc) is 2.76. The molecule has 0 saturated heterocycles. The Morgan fingerprint density at radius 1 is 0.367 bits per heavy atom. The van der Waals surface area contributed by atoms with Crippen molar-refractivity contribution in [3.05, 3.63) is 19.1 Å². The van der Waals surface area contributed by atoms with Crippen molar-refractivity contribution in [1.29, 1.82) is 0 Å². The second kappa shape index (κ2) is 28.7. The summed E-state index contributed by atoms with van der Waals surface area (Å²) >= 11 is 0. The molecule has 0 aromatic carbocycles. The molecule has 0 saturated carbocycles. The second-order valence-electron chi connectivity index (χ2n) is 9.68. The molecule has 0 heteroatoms. The van der Waals surface area contributed by atoms with E-state index in [4.69, 9.17) is 0 Å². The third-order valence-electron chi connectivity index (χ3n) is 6.51. The molecule has 0 aliphatic carbocycles. The van der Waals surface area contributed by atoms with Gasteiger partial charge in [0, 0.05) is 0 Å². The van der Waals surface area contributed by atoms with E-state index in [0.29, 0.717) is 0 Å². The summed E-state index contributed by atoms with van der Waals surface area (Å²) in [5.41, 5.74) is 0.